The zero-order valence-corrected chi connectivity index (χ0v) is 14.3. The van der Waals surface area contributed by atoms with Gasteiger partial charge in [-0.15, -0.1) is 0 Å². The number of nitrogens with zero attached hydrogens (tertiary/aromatic N) is 2. The highest BCUT2D eigenvalue weighted by molar-refractivity contribution is 5.93. The Morgan fingerprint density at radius 2 is 2.12 bits per heavy atom. The fourth-order valence-electron chi connectivity index (χ4n) is 2.75. The summed E-state index contributed by atoms with van der Waals surface area (Å²) in [5, 5.41) is 9.35. The molecule has 1 aromatic heterocycles. The minimum absolute atomic E-state index is 0.0617. The number of amides is 3. The number of urea groups is 1. The van der Waals surface area contributed by atoms with Gasteiger partial charge in [-0.05, 0) is 19.8 Å². The van der Waals surface area contributed by atoms with Gasteiger partial charge in [-0.1, -0.05) is 24.4 Å². The van der Waals surface area contributed by atoms with Crippen molar-refractivity contribution >= 4 is 17.8 Å². The zero-order chi connectivity index (χ0) is 17.4. The number of methoxy groups -OCH3 is 1. The molecule has 8 nitrogen and oxygen atoms in total. The van der Waals surface area contributed by atoms with Crippen molar-refractivity contribution in [2.24, 2.45) is 0 Å². The van der Waals surface area contributed by atoms with Gasteiger partial charge >= 0.3 is 6.03 Å². The van der Waals surface area contributed by atoms with E-state index in [2.05, 4.69) is 15.8 Å². The lowest BCUT2D eigenvalue weighted by Gasteiger charge is -2.28. The van der Waals surface area contributed by atoms with Gasteiger partial charge in [0.05, 0.1) is 6.61 Å². The van der Waals surface area contributed by atoms with Crippen molar-refractivity contribution in [3.05, 3.63) is 11.8 Å². The van der Waals surface area contributed by atoms with Crippen LogP contribution in [-0.4, -0.2) is 54.8 Å². The van der Waals surface area contributed by atoms with E-state index in [-0.39, 0.29) is 24.5 Å². The summed E-state index contributed by atoms with van der Waals surface area (Å²) in [5.74, 6) is 0.631. The molecule has 0 unspecified atom stereocenters. The summed E-state index contributed by atoms with van der Waals surface area (Å²) in [4.78, 5) is 26.0. The number of nitrogens with one attached hydrogen (secondary N) is 2. The molecular weight excluding hydrogens is 312 g/mol. The molecule has 0 aliphatic heterocycles. The van der Waals surface area contributed by atoms with Crippen LogP contribution >= 0.6 is 0 Å². The molecule has 0 spiro atoms. The Morgan fingerprint density at radius 3 is 2.75 bits per heavy atom. The molecule has 134 valence electrons. The Hall–Kier alpha value is -2.09. The molecule has 0 bridgehead atoms. The lowest BCUT2D eigenvalue weighted by molar-refractivity contribution is -0.116. The number of ether oxygens (including phenoxy) is 1. The van der Waals surface area contributed by atoms with E-state index in [9.17, 15) is 9.59 Å². The van der Waals surface area contributed by atoms with E-state index in [1.165, 1.54) is 11.3 Å². The van der Waals surface area contributed by atoms with Crippen LogP contribution in [0.1, 0.15) is 37.9 Å². The molecule has 1 saturated carbocycles. The van der Waals surface area contributed by atoms with E-state index in [0.717, 1.165) is 25.7 Å². The number of carbonyl (C=O) groups excluding carboxylic acids is 2. The number of rotatable bonds is 7. The predicted octanol–water partition coefficient (Wildman–Crippen LogP) is 1.91. The molecule has 1 aromatic rings. The first-order valence-corrected chi connectivity index (χ1v) is 8.36. The third kappa shape index (κ3) is 5.84. The molecule has 2 rings (SSSR count). The van der Waals surface area contributed by atoms with Gasteiger partial charge in [-0.25, -0.2) is 4.79 Å². The predicted molar refractivity (Wildman–Crippen MR) is 88.7 cm³/mol. The SMILES string of the molecule is COCCN(CC(=O)Nc1cc(C)on1)C(=O)NC1CCCCC1. The van der Waals surface area contributed by atoms with E-state index < -0.39 is 0 Å². The maximum atomic E-state index is 12.5. The molecule has 3 amide bonds. The highest BCUT2D eigenvalue weighted by Crippen LogP contribution is 2.17. The molecule has 1 fully saturated rings. The number of carbonyl (C=O) groups is 2. The normalized spacial score (nSPS) is 15.1. The van der Waals surface area contributed by atoms with Crippen molar-refractivity contribution in [1.29, 1.82) is 0 Å². The van der Waals surface area contributed by atoms with Crippen LogP contribution < -0.4 is 10.6 Å². The topological polar surface area (TPSA) is 96.7 Å². The third-order valence-electron chi connectivity index (χ3n) is 4.02. The first-order chi connectivity index (χ1) is 11.6. The number of aromatic nitrogens is 1. The summed E-state index contributed by atoms with van der Waals surface area (Å²) < 4.78 is 9.94. The Labute approximate surface area is 141 Å². The van der Waals surface area contributed by atoms with Gasteiger partial charge in [0, 0.05) is 25.8 Å². The second-order valence-corrected chi connectivity index (χ2v) is 6.07. The lowest BCUT2D eigenvalue weighted by atomic mass is 9.96. The number of hydrogen-bond acceptors (Lipinski definition) is 5. The van der Waals surface area contributed by atoms with Crippen molar-refractivity contribution in [2.45, 2.75) is 45.1 Å². The summed E-state index contributed by atoms with van der Waals surface area (Å²) in [7, 11) is 1.56. The fourth-order valence-corrected chi connectivity index (χ4v) is 2.75. The molecule has 1 aliphatic rings. The molecule has 0 aromatic carbocycles. The standard InChI is InChI=1S/C16H26N4O4/c1-12-10-14(19-24-12)18-15(21)11-20(8-9-23-2)16(22)17-13-6-4-3-5-7-13/h10,13H,3-9,11H2,1-2H3,(H,17,22)(H,18,19,21). The summed E-state index contributed by atoms with van der Waals surface area (Å²) in [6.07, 6.45) is 5.48. The molecule has 8 heteroatoms. The zero-order valence-electron chi connectivity index (χ0n) is 14.3. The third-order valence-corrected chi connectivity index (χ3v) is 4.02. The minimum Gasteiger partial charge on any atom is -0.383 e. The number of hydrogen-bond donors (Lipinski definition) is 2. The molecule has 1 aliphatic carbocycles. The summed E-state index contributed by atoms with van der Waals surface area (Å²) >= 11 is 0. The first-order valence-electron chi connectivity index (χ1n) is 8.36. The molecular formula is C16H26N4O4. The summed E-state index contributed by atoms with van der Waals surface area (Å²) in [5.41, 5.74) is 0. The lowest BCUT2D eigenvalue weighted by Crippen LogP contribution is -2.49. The van der Waals surface area contributed by atoms with Crippen LogP contribution in [0.5, 0.6) is 0 Å². The Bertz CT molecular complexity index is 540. The van der Waals surface area contributed by atoms with E-state index in [4.69, 9.17) is 9.26 Å². The number of aryl methyl sites for hydroxylation is 1. The molecule has 0 saturated heterocycles. The summed E-state index contributed by atoms with van der Waals surface area (Å²) in [6.45, 7) is 2.40. The average molecular weight is 338 g/mol. The van der Waals surface area contributed by atoms with Gasteiger partial charge in [0.1, 0.15) is 12.3 Å². The number of anilines is 1. The van der Waals surface area contributed by atoms with Gasteiger partial charge in [-0.2, -0.15) is 0 Å². The van der Waals surface area contributed by atoms with Crippen LogP contribution in [0.2, 0.25) is 0 Å². The van der Waals surface area contributed by atoms with Gasteiger partial charge in [0.2, 0.25) is 5.91 Å². The average Bonchev–Trinajstić information content (AvgIpc) is 2.97. The minimum atomic E-state index is -0.321. The van der Waals surface area contributed by atoms with Crippen molar-refractivity contribution in [3.63, 3.8) is 0 Å². The van der Waals surface area contributed by atoms with Gasteiger partial charge in [0.25, 0.3) is 0 Å². The maximum absolute atomic E-state index is 12.5. The van der Waals surface area contributed by atoms with Crippen molar-refractivity contribution in [3.8, 4) is 0 Å². The van der Waals surface area contributed by atoms with Crippen LogP contribution in [-0.2, 0) is 9.53 Å². The molecule has 0 radical (unpaired) electrons. The second kappa shape index (κ2) is 9.27. The van der Waals surface area contributed by atoms with Gasteiger partial charge in [0.15, 0.2) is 5.82 Å². The van der Waals surface area contributed by atoms with Crippen molar-refractivity contribution < 1.29 is 18.8 Å². The van der Waals surface area contributed by atoms with E-state index in [0.29, 0.717) is 24.7 Å². The molecule has 1 heterocycles. The van der Waals surface area contributed by atoms with Crippen molar-refractivity contribution in [2.75, 3.05) is 32.1 Å². The van der Waals surface area contributed by atoms with E-state index in [1.54, 1.807) is 20.1 Å². The van der Waals surface area contributed by atoms with Crippen LogP contribution in [0, 0.1) is 6.92 Å². The Morgan fingerprint density at radius 1 is 1.38 bits per heavy atom. The molecule has 24 heavy (non-hydrogen) atoms. The van der Waals surface area contributed by atoms with E-state index in [1.807, 2.05) is 0 Å². The molecule has 2 N–H and O–H groups in total. The summed E-state index contributed by atoms with van der Waals surface area (Å²) in [6, 6.07) is 1.59. The maximum Gasteiger partial charge on any atom is 0.318 e. The molecule has 0 atom stereocenters. The quantitative estimate of drug-likeness (QED) is 0.791. The first kappa shape index (κ1) is 18.3. The van der Waals surface area contributed by atoms with Crippen LogP contribution in [0.3, 0.4) is 0 Å². The smallest absolute Gasteiger partial charge is 0.318 e. The Balaban J connectivity index is 1.88. The van der Waals surface area contributed by atoms with Gasteiger partial charge < -0.3 is 24.8 Å². The van der Waals surface area contributed by atoms with E-state index >= 15 is 0 Å². The van der Waals surface area contributed by atoms with Crippen LogP contribution in [0.25, 0.3) is 0 Å². The monoisotopic (exact) mass is 338 g/mol. The fraction of sp³-hybridized carbons (Fsp3) is 0.688. The van der Waals surface area contributed by atoms with Crippen molar-refractivity contribution in [1.82, 2.24) is 15.4 Å². The highest BCUT2D eigenvalue weighted by Gasteiger charge is 2.22. The van der Waals surface area contributed by atoms with Gasteiger partial charge in [-0.3, -0.25) is 4.79 Å². The second-order valence-electron chi connectivity index (χ2n) is 6.07. The Kier molecular flexibility index (Phi) is 7.05. The largest absolute Gasteiger partial charge is 0.383 e. The van der Waals surface area contributed by atoms with Crippen LogP contribution in [0.15, 0.2) is 10.6 Å². The van der Waals surface area contributed by atoms with Crippen LogP contribution in [0.4, 0.5) is 10.6 Å². The highest BCUT2D eigenvalue weighted by atomic mass is 16.5.